The molecule has 0 N–H and O–H groups in total. The van der Waals surface area contributed by atoms with Crippen LogP contribution in [0.15, 0.2) is 72.8 Å². The molecule has 1 fully saturated rings. The van der Waals surface area contributed by atoms with Crippen molar-refractivity contribution in [3.05, 3.63) is 101 Å². The van der Waals surface area contributed by atoms with Crippen LogP contribution in [0.5, 0.6) is 5.75 Å². The number of carbonyl (C=O) groups excluding carboxylic acids is 2. The lowest BCUT2D eigenvalue weighted by atomic mass is 9.90. The zero-order chi connectivity index (χ0) is 27.9. The summed E-state index contributed by atoms with van der Waals surface area (Å²) in [6, 6.07) is 22.8. The number of aryl methyl sites for hydroxylation is 1. The average Bonchev–Trinajstić information content (AvgIpc) is 3.00. The standard InChI is InChI=1S/C33H37NO6/c1-3-38-33(36)29-20-28-26(15-14-23(2)30(28)39-22-24-10-6-4-7-11-24)21-34(29)32(35)31(25-12-8-5-9-13-25)40-27-16-18-37-19-17-27/h4-15,27,29,31H,3,16-22H2,1-2H3. The van der Waals surface area contributed by atoms with Gasteiger partial charge < -0.3 is 23.8 Å². The summed E-state index contributed by atoms with van der Waals surface area (Å²) < 4.78 is 23.8. The molecule has 0 saturated carbocycles. The first kappa shape index (κ1) is 27.9. The minimum atomic E-state index is -0.831. The molecule has 0 spiro atoms. The van der Waals surface area contributed by atoms with E-state index in [0.29, 0.717) is 26.2 Å². The highest BCUT2D eigenvalue weighted by Gasteiger charge is 2.41. The molecule has 5 rings (SSSR count). The van der Waals surface area contributed by atoms with Crippen molar-refractivity contribution in [3.8, 4) is 5.75 Å². The van der Waals surface area contributed by atoms with Crippen LogP contribution in [0.25, 0.3) is 0 Å². The van der Waals surface area contributed by atoms with Gasteiger partial charge in [0.1, 0.15) is 18.4 Å². The van der Waals surface area contributed by atoms with Gasteiger partial charge in [0.05, 0.1) is 12.7 Å². The molecule has 7 heteroatoms. The molecule has 2 atom stereocenters. The maximum absolute atomic E-state index is 14.3. The fraction of sp³-hybridized carbons (Fsp3) is 0.394. The third-order valence-electron chi connectivity index (χ3n) is 7.56. The quantitative estimate of drug-likeness (QED) is 0.340. The Balaban J connectivity index is 1.46. The summed E-state index contributed by atoms with van der Waals surface area (Å²) in [4.78, 5) is 29.3. The third-order valence-corrected chi connectivity index (χ3v) is 7.56. The van der Waals surface area contributed by atoms with Crippen LogP contribution in [0.1, 0.15) is 53.7 Å². The van der Waals surface area contributed by atoms with Gasteiger partial charge in [0.2, 0.25) is 0 Å². The Morgan fingerprint density at radius 2 is 1.68 bits per heavy atom. The summed E-state index contributed by atoms with van der Waals surface area (Å²) in [5.41, 5.74) is 4.72. The Hall–Kier alpha value is -3.68. The number of fused-ring (bicyclic) bond motifs is 1. The van der Waals surface area contributed by atoms with E-state index in [1.807, 2.05) is 79.7 Å². The SMILES string of the molecule is CCOC(=O)C1Cc2c(ccc(C)c2OCc2ccccc2)CN1C(=O)C(OC1CCOCC1)c1ccccc1. The summed E-state index contributed by atoms with van der Waals surface area (Å²) in [6.07, 6.45) is 0.832. The molecule has 0 radical (unpaired) electrons. The van der Waals surface area contributed by atoms with Crippen molar-refractivity contribution in [2.75, 3.05) is 19.8 Å². The van der Waals surface area contributed by atoms with Crippen molar-refractivity contribution in [2.45, 2.75) is 64.5 Å². The zero-order valence-corrected chi connectivity index (χ0v) is 23.2. The second-order valence-electron chi connectivity index (χ2n) is 10.3. The van der Waals surface area contributed by atoms with Gasteiger partial charge in [-0.3, -0.25) is 4.79 Å². The number of benzene rings is 3. The highest BCUT2D eigenvalue weighted by Crippen LogP contribution is 2.36. The van der Waals surface area contributed by atoms with Crippen molar-refractivity contribution in [3.63, 3.8) is 0 Å². The molecule has 1 saturated heterocycles. The fourth-order valence-electron chi connectivity index (χ4n) is 5.43. The van der Waals surface area contributed by atoms with Gasteiger partial charge in [-0.05, 0) is 48.9 Å². The van der Waals surface area contributed by atoms with Crippen molar-refractivity contribution in [2.24, 2.45) is 0 Å². The predicted octanol–water partition coefficient (Wildman–Crippen LogP) is 5.33. The van der Waals surface area contributed by atoms with Crippen LogP contribution in [-0.2, 0) is 43.4 Å². The van der Waals surface area contributed by atoms with Gasteiger partial charge in [-0.2, -0.15) is 0 Å². The number of amides is 1. The van der Waals surface area contributed by atoms with Crippen LogP contribution in [0.4, 0.5) is 0 Å². The summed E-state index contributed by atoms with van der Waals surface area (Å²) >= 11 is 0. The van der Waals surface area contributed by atoms with Gasteiger partial charge in [0.25, 0.3) is 5.91 Å². The number of esters is 1. The number of rotatable bonds is 9. The number of ether oxygens (including phenoxy) is 4. The zero-order valence-electron chi connectivity index (χ0n) is 23.2. The highest BCUT2D eigenvalue weighted by molar-refractivity contribution is 5.89. The number of nitrogens with zero attached hydrogens (tertiary/aromatic N) is 1. The van der Waals surface area contributed by atoms with Gasteiger partial charge in [-0.25, -0.2) is 4.79 Å². The second kappa shape index (κ2) is 13.1. The number of hydrogen-bond acceptors (Lipinski definition) is 6. The Bertz CT molecular complexity index is 1290. The highest BCUT2D eigenvalue weighted by atomic mass is 16.5. The molecule has 0 bridgehead atoms. The Morgan fingerprint density at radius 3 is 2.38 bits per heavy atom. The van der Waals surface area contributed by atoms with Crippen molar-refractivity contribution >= 4 is 11.9 Å². The van der Waals surface area contributed by atoms with Gasteiger partial charge in [0.15, 0.2) is 6.10 Å². The molecule has 0 aromatic heterocycles. The van der Waals surface area contributed by atoms with E-state index in [-0.39, 0.29) is 25.2 Å². The lowest BCUT2D eigenvalue weighted by Crippen LogP contribution is -2.51. The van der Waals surface area contributed by atoms with Crippen molar-refractivity contribution < 1.29 is 28.5 Å². The first-order chi connectivity index (χ1) is 19.5. The number of hydrogen-bond donors (Lipinski definition) is 0. The molecule has 2 unspecified atom stereocenters. The normalized spacial score (nSPS) is 18.1. The van der Waals surface area contributed by atoms with Gasteiger partial charge in [-0.15, -0.1) is 0 Å². The van der Waals surface area contributed by atoms with E-state index in [9.17, 15) is 9.59 Å². The molecule has 210 valence electrons. The molecular weight excluding hydrogens is 506 g/mol. The van der Waals surface area contributed by atoms with E-state index in [2.05, 4.69) is 0 Å². The lowest BCUT2D eigenvalue weighted by molar-refractivity contribution is -0.165. The van der Waals surface area contributed by atoms with Crippen LogP contribution in [0.3, 0.4) is 0 Å². The summed E-state index contributed by atoms with van der Waals surface area (Å²) in [5, 5.41) is 0. The molecule has 0 aliphatic carbocycles. The van der Waals surface area contributed by atoms with E-state index in [1.54, 1.807) is 11.8 Å². The third kappa shape index (κ3) is 6.37. The van der Waals surface area contributed by atoms with E-state index < -0.39 is 18.1 Å². The molecule has 3 aromatic carbocycles. The Morgan fingerprint density at radius 1 is 0.975 bits per heavy atom. The average molecular weight is 544 g/mol. The minimum absolute atomic E-state index is 0.0957. The first-order valence-electron chi connectivity index (χ1n) is 14.1. The molecule has 1 amide bonds. The molecule has 2 aliphatic rings. The van der Waals surface area contributed by atoms with E-state index in [4.69, 9.17) is 18.9 Å². The largest absolute Gasteiger partial charge is 0.488 e. The van der Waals surface area contributed by atoms with Crippen LogP contribution in [-0.4, -0.2) is 48.7 Å². The van der Waals surface area contributed by atoms with Gasteiger partial charge in [0, 0.05) is 31.7 Å². The monoisotopic (exact) mass is 543 g/mol. The molecular formula is C33H37NO6. The summed E-state index contributed by atoms with van der Waals surface area (Å²) in [5.74, 6) is 0.101. The maximum Gasteiger partial charge on any atom is 0.329 e. The van der Waals surface area contributed by atoms with Crippen LogP contribution in [0, 0.1) is 6.92 Å². The lowest BCUT2D eigenvalue weighted by Gasteiger charge is -2.39. The number of carbonyl (C=O) groups is 2. The van der Waals surface area contributed by atoms with Gasteiger partial charge >= 0.3 is 5.97 Å². The Labute approximate surface area is 236 Å². The molecule has 3 aromatic rings. The summed E-state index contributed by atoms with van der Waals surface area (Å²) in [6.45, 7) is 5.91. The van der Waals surface area contributed by atoms with Crippen molar-refractivity contribution in [1.29, 1.82) is 0 Å². The predicted molar refractivity (Wildman–Crippen MR) is 151 cm³/mol. The second-order valence-corrected chi connectivity index (χ2v) is 10.3. The van der Waals surface area contributed by atoms with E-state index in [1.165, 1.54) is 0 Å². The minimum Gasteiger partial charge on any atom is -0.488 e. The first-order valence-corrected chi connectivity index (χ1v) is 14.1. The van der Waals surface area contributed by atoms with Gasteiger partial charge in [-0.1, -0.05) is 72.8 Å². The van der Waals surface area contributed by atoms with Crippen molar-refractivity contribution in [1.82, 2.24) is 4.90 Å². The topological polar surface area (TPSA) is 74.3 Å². The smallest absolute Gasteiger partial charge is 0.329 e. The molecule has 40 heavy (non-hydrogen) atoms. The molecule has 2 heterocycles. The molecule has 7 nitrogen and oxygen atoms in total. The van der Waals surface area contributed by atoms with E-state index >= 15 is 0 Å². The summed E-state index contributed by atoms with van der Waals surface area (Å²) in [7, 11) is 0. The molecule has 2 aliphatic heterocycles. The van der Waals surface area contributed by atoms with Crippen LogP contribution >= 0.6 is 0 Å². The fourth-order valence-corrected chi connectivity index (χ4v) is 5.43. The maximum atomic E-state index is 14.3. The van der Waals surface area contributed by atoms with Crippen LogP contribution in [0.2, 0.25) is 0 Å². The van der Waals surface area contributed by atoms with E-state index in [0.717, 1.165) is 46.4 Å². The Kier molecular flexibility index (Phi) is 9.14. The van der Waals surface area contributed by atoms with Crippen LogP contribution < -0.4 is 4.74 Å².